The summed E-state index contributed by atoms with van der Waals surface area (Å²) in [4.78, 5) is 26.0. The van der Waals surface area contributed by atoms with E-state index in [-0.39, 0.29) is 0 Å². The number of hydrogen-bond acceptors (Lipinski definition) is 4. The van der Waals surface area contributed by atoms with Crippen LogP contribution in [0, 0.1) is 17.6 Å². The SMILES string of the molecule is C[C@@H]1CCc2sc(C(=O)O[C@@H](C)C(=O)Nc3c(F)cccc3F)cc2C1. The van der Waals surface area contributed by atoms with Crippen LogP contribution in [0.3, 0.4) is 0 Å². The fourth-order valence-corrected chi connectivity index (χ4v) is 4.01. The van der Waals surface area contributed by atoms with Crippen molar-refractivity contribution in [3.05, 3.63) is 51.2 Å². The predicted molar refractivity (Wildman–Crippen MR) is 95.4 cm³/mol. The fourth-order valence-electron chi connectivity index (χ4n) is 2.92. The maximum absolute atomic E-state index is 13.6. The van der Waals surface area contributed by atoms with Gasteiger partial charge in [-0.2, -0.15) is 0 Å². The van der Waals surface area contributed by atoms with Crippen molar-refractivity contribution in [3.8, 4) is 0 Å². The largest absolute Gasteiger partial charge is 0.448 e. The lowest BCUT2D eigenvalue weighted by molar-refractivity contribution is -0.123. The Balaban J connectivity index is 1.65. The normalized spacial score (nSPS) is 17.3. The monoisotopic (exact) mass is 379 g/mol. The lowest BCUT2D eigenvalue weighted by atomic mass is 9.90. The molecule has 7 heteroatoms. The summed E-state index contributed by atoms with van der Waals surface area (Å²) < 4.78 is 32.4. The molecular weight excluding hydrogens is 360 g/mol. The van der Waals surface area contributed by atoms with E-state index < -0.39 is 35.3 Å². The van der Waals surface area contributed by atoms with E-state index in [0.717, 1.165) is 37.0 Å². The number of carbonyl (C=O) groups excluding carboxylic acids is 2. The van der Waals surface area contributed by atoms with Crippen molar-refractivity contribution in [2.24, 2.45) is 5.92 Å². The fraction of sp³-hybridized carbons (Fsp3) is 0.368. The Morgan fingerprint density at radius 1 is 1.31 bits per heavy atom. The number of aryl methyl sites for hydroxylation is 1. The van der Waals surface area contributed by atoms with E-state index in [1.165, 1.54) is 29.2 Å². The number of para-hydroxylation sites is 1. The summed E-state index contributed by atoms with van der Waals surface area (Å²) in [7, 11) is 0. The van der Waals surface area contributed by atoms with Gasteiger partial charge in [-0.25, -0.2) is 13.6 Å². The molecule has 1 N–H and O–H groups in total. The van der Waals surface area contributed by atoms with Crippen molar-refractivity contribution >= 4 is 28.9 Å². The van der Waals surface area contributed by atoms with Gasteiger partial charge in [0.2, 0.25) is 0 Å². The van der Waals surface area contributed by atoms with Crippen LogP contribution in [0.2, 0.25) is 0 Å². The van der Waals surface area contributed by atoms with Gasteiger partial charge in [0.1, 0.15) is 22.2 Å². The van der Waals surface area contributed by atoms with E-state index in [2.05, 4.69) is 12.2 Å². The molecule has 3 rings (SSSR count). The van der Waals surface area contributed by atoms with Gasteiger partial charge in [-0.05, 0) is 55.9 Å². The first kappa shape index (κ1) is 18.5. The molecular formula is C19H19F2NO3S. The molecule has 0 saturated carbocycles. The molecule has 4 nitrogen and oxygen atoms in total. The average Bonchev–Trinajstić information content (AvgIpc) is 3.01. The van der Waals surface area contributed by atoms with Crippen molar-refractivity contribution < 1.29 is 23.1 Å². The molecule has 0 spiro atoms. The summed E-state index contributed by atoms with van der Waals surface area (Å²) in [6.07, 6.45) is 1.79. The number of ether oxygens (including phenoxy) is 1. The van der Waals surface area contributed by atoms with Gasteiger partial charge in [0.25, 0.3) is 5.91 Å². The van der Waals surface area contributed by atoms with E-state index in [4.69, 9.17) is 4.74 Å². The van der Waals surface area contributed by atoms with Crippen LogP contribution in [0.1, 0.15) is 40.4 Å². The summed E-state index contributed by atoms with van der Waals surface area (Å²) in [5.74, 6) is -2.60. The smallest absolute Gasteiger partial charge is 0.349 e. The molecule has 2 aromatic rings. The Kier molecular flexibility index (Phi) is 5.36. The standard InChI is InChI=1S/C19H19F2NO3S/c1-10-6-7-15-12(8-10)9-16(26-15)19(24)25-11(2)18(23)22-17-13(20)4-3-5-14(17)21/h3-5,9-11H,6-8H2,1-2H3,(H,22,23)/t10-,11+/m1/s1. The third kappa shape index (κ3) is 3.93. The van der Waals surface area contributed by atoms with Crippen LogP contribution in [0.15, 0.2) is 24.3 Å². The second-order valence-electron chi connectivity index (χ2n) is 6.54. The molecule has 138 valence electrons. The number of halogens is 2. The maximum Gasteiger partial charge on any atom is 0.349 e. The molecule has 1 aromatic heterocycles. The number of hydrogen-bond donors (Lipinski definition) is 1. The zero-order valence-corrected chi connectivity index (χ0v) is 15.3. The van der Waals surface area contributed by atoms with Gasteiger partial charge in [-0.3, -0.25) is 4.79 Å². The highest BCUT2D eigenvalue weighted by Gasteiger charge is 2.25. The molecule has 1 amide bonds. The van der Waals surface area contributed by atoms with Gasteiger partial charge < -0.3 is 10.1 Å². The van der Waals surface area contributed by atoms with E-state index in [0.29, 0.717) is 10.8 Å². The molecule has 0 unspecified atom stereocenters. The molecule has 0 bridgehead atoms. The highest BCUT2D eigenvalue weighted by atomic mass is 32.1. The zero-order chi connectivity index (χ0) is 18.8. The van der Waals surface area contributed by atoms with Crippen molar-refractivity contribution in [2.75, 3.05) is 5.32 Å². The minimum atomic E-state index is -1.18. The molecule has 26 heavy (non-hydrogen) atoms. The molecule has 1 aliphatic rings. The molecule has 2 atom stereocenters. The van der Waals surface area contributed by atoms with Crippen LogP contribution in [-0.2, 0) is 22.4 Å². The topological polar surface area (TPSA) is 55.4 Å². The van der Waals surface area contributed by atoms with Gasteiger partial charge in [-0.1, -0.05) is 13.0 Å². The van der Waals surface area contributed by atoms with Gasteiger partial charge in [-0.15, -0.1) is 11.3 Å². The Morgan fingerprint density at radius 2 is 2.00 bits per heavy atom. The minimum Gasteiger partial charge on any atom is -0.448 e. The number of fused-ring (bicyclic) bond motifs is 1. The molecule has 1 aliphatic carbocycles. The Morgan fingerprint density at radius 3 is 2.69 bits per heavy atom. The highest BCUT2D eigenvalue weighted by Crippen LogP contribution is 2.32. The maximum atomic E-state index is 13.6. The Bertz CT molecular complexity index is 829. The number of anilines is 1. The van der Waals surface area contributed by atoms with Crippen molar-refractivity contribution in [1.82, 2.24) is 0 Å². The van der Waals surface area contributed by atoms with Crippen LogP contribution in [0.25, 0.3) is 0 Å². The number of rotatable bonds is 4. The first-order chi connectivity index (χ1) is 12.3. The Hall–Kier alpha value is -2.28. The van der Waals surface area contributed by atoms with Crippen LogP contribution in [-0.4, -0.2) is 18.0 Å². The Labute approximate surface area is 154 Å². The summed E-state index contributed by atoms with van der Waals surface area (Å²) >= 11 is 1.38. The molecule has 0 fully saturated rings. The van der Waals surface area contributed by atoms with Gasteiger partial charge in [0.15, 0.2) is 6.10 Å². The molecule has 0 saturated heterocycles. The van der Waals surface area contributed by atoms with Crippen molar-refractivity contribution in [2.45, 2.75) is 39.2 Å². The van der Waals surface area contributed by atoms with Crippen LogP contribution in [0.5, 0.6) is 0 Å². The summed E-state index contributed by atoms with van der Waals surface area (Å²) in [5, 5.41) is 2.13. The lowest BCUT2D eigenvalue weighted by Gasteiger charge is -2.16. The van der Waals surface area contributed by atoms with Crippen molar-refractivity contribution in [1.29, 1.82) is 0 Å². The van der Waals surface area contributed by atoms with Crippen LogP contribution < -0.4 is 5.32 Å². The van der Waals surface area contributed by atoms with E-state index in [1.807, 2.05) is 6.07 Å². The quantitative estimate of drug-likeness (QED) is 0.805. The van der Waals surface area contributed by atoms with Crippen LogP contribution >= 0.6 is 11.3 Å². The third-order valence-electron chi connectivity index (χ3n) is 4.39. The zero-order valence-electron chi connectivity index (χ0n) is 14.5. The number of carbonyl (C=O) groups is 2. The number of nitrogens with one attached hydrogen (secondary N) is 1. The highest BCUT2D eigenvalue weighted by molar-refractivity contribution is 7.14. The first-order valence-corrected chi connectivity index (χ1v) is 9.24. The van der Waals surface area contributed by atoms with Gasteiger partial charge in [0.05, 0.1) is 0 Å². The summed E-state index contributed by atoms with van der Waals surface area (Å²) in [6.45, 7) is 3.54. The summed E-state index contributed by atoms with van der Waals surface area (Å²) in [5.41, 5.74) is 0.604. The predicted octanol–water partition coefficient (Wildman–Crippen LogP) is 4.34. The van der Waals surface area contributed by atoms with Gasteiger partial charge in [0, 0.05) is 4.88 Å². The first-order valence-electron chi connectivity index (χ1n) is 8.42. The van der Waals surface area contributed by atoms with E-state index >= 15 is 0 Å². The number of amides is 1. The second kappa shape index (κ2) is 7.53. The number of benzene rings is 1. The minimum absolute atomic E-state index is 0.445. The third-order valence-corrected chi connectivity index (χ3v) is 5.61. The molecule has 0 radical (unpaired) electrons. The molecule has 1 aromatic carbocycles. The average molecular weight is 379 g/mol. The molecule has 1 heterocycles. The lowest BCUT2D eigenvalue weighted by Crippen LogP contribution is -2.30. The molecule has 0 aliphatic heterocycles. The van der Waals surface area contributed by atoms with E-state index in [9.17, 15) is 18.4 Å². The summed E-state index contributed by atoms with van der Waals surface area (Å²) in [6, 6.07) is 5.08. The second-order valence-corrected chi connectivity index (χ2v) is 7.68. The van der Waals surface area contributed by atoms with E-state index in [1.54, 1.807) is 0 Å². The van der Waals surface area contributed by atoms with Crippen molar-refractivity contribution in [3.63, 3.8) is 0 Å². The van der Waals surface area contributed by atoms with Gasteiger partial charge >= 0.3 is 5.97 Å². The number of esters is 1. The van der Waals surface area contributed by atoms with Crippen LogP contribution in [0.4, 0.5) is 14.5 Å². The number of thiophene rings is 1.